The summed E-state index contributed by atoms with van der Waals surface area (Å²) < 4.78 is 32.4. The Morgan fingerprint density at radius 2 is 2.18 bits per heavy atom. The molecule has 0 unspecified atom stereocenters. The lowest BCUT2D eigenvalue weighted by Gasteiger charge is -2.10. The molecule has 0 aliphatic rings. The first-order chi connectivity index (χ1) is 10.5. The van der Waals surface area contributed by atoms with Gasteiger partial charge in [-0.1, -0.05) is 0 Å². The van der Waals surface area contributed by atoms with Gasteiger partial charge in [-0.3, -0.25) is 4.99 Å². The van der Waals surface area contributed by atoms with Gasteiger partial charge in [0.2, 0.25) is 0 Å². The molecule has 0 aliphatic carbocycles. The fraction of sp³-hybridized carbons (Fsp3) is 0.643. The molecule has 0 aliphatic heterocycles. The molecule has 0 amide bonds. The van der Waals surface area contributed by atoms with Gasteiger partial charge in [0.1, 0.15) is 15.6 Å². The van der Waals surface area contributed by atoms with Crippen LogP contribution >= 0.6 is 0 Å². The van der Waals surface area contributed by atoms with Crippen LogP contribution in [0.4, 0.5) is 0 Å². The smallest absolute Gasteiger partial charge is 0.191 e. The Balaban J connectivity index is 2.20. The van der Waals surface area contributed by atoms with E-state index in [2.05, 4.69) is 15.6 Å². The van der Waals surface area contributed by atoms with Crippen LogP contribution in [0.15, 0.2) is 27.8 Å². The number of nitrogens with zero attached hydrogens (tertiary/aromatic N) is 1. The highest BCUT2D eigenvalue weighted by molar-refractivity contribution is 7.90. The molecule has 7 nitrogen and oxygen atoms in total. The first kappa shape index (κ1) is 18.5. The molecule has 0 atom stereocenters. The number of sulfone groups is 1. The van der Waals surface area contributed by atoms with E-state index in [9.17, 15) is 8.42 Å². The Hall–Kier alpha value is -1.54. The summed E-state index contributed by atoms with van der Waals surface area (Å²) in [4.78, 5) is 4.36. The highest BCUT2D eigenvalue weighted by atomic mass is 32.2. The van der Waals surface area contributed by atoms with Crippen molar-refractivity contribution >= 4 is 15.8 Å². The third-order valence-electron chi connectivity index (χ3n) is 2.69. The number of furan rings is 1. The van der Waals surface area contributed by atoms with Crippen molar-refractivity contribution in [1.82, 2.24) is 10.6 Å². The molecule has 8 heteroatoms. The average Bonchev–Trinajstić information content (AvgIpc) is 2.94. The van der Waals surface area contributed by atoms with Crippen LogP contribution in [0, 0.1) is 0 Å². The van der Waals surface area contributed by atoms with Crippen LogP contribution in [-0.4, -0.2) is 59.2 Å². The van der Waals surface area contributed by atoms with Crippen molar-refractivity contribution in [2.45, 2.75) is 13.3 Å². The molecule has 1 rings (SSSR count). The highest BCUT2D eigenvalue weighted by Gasteiger charge is 2.01. The van der Waals surface area contributed by atoms with E-state index in [1.165, 1.54) is 6.26 Å². The summed E-state index contributed by atoms with van der Waals surface area (Å²) in [6.45, 7) is 4.54. The molecule has 0 bridgehead atoms. The molecule has 2 N–H and O–H groups in total. The zero-order valence-corrected chi connectivity index (χ0v) is 14.0. The molecule has 0 spiro atoms. The lowest BCUT2D eigenvalue weighted by Crippen LogP contribution is -2.38. The van der Waals surface area contributed by atoms with Gasteiger partial charge in [-0.2, -0.15) is 0 Å². The summed E-state index contributed by atoms with van der Waals surface area (Å²) in [5.74, 6) is 1.67. The van der Waals surface area contributed by atoms with Gasteiger partial charge >= 0.3 is 0 Å². The minimum atomic E-state index is -2.96. The lowest BCUT2D eigenvalue weighted by molar-refractivity contribution is 0.157. The molecular weight excluding hydrogens is 306 g/mol. The SMILES string of the molecule is CCNC(=NCCOCCS(C)(=O)=O)NCCc1ccco1. The zero-order chi connectivity index (χ0) is 16.3. The standard InChI is InChI=1S/C14H25N3O4S/c1-3-15-14(16-7-6-13-5-4-9-21-13)17-8-10-20-11-12-22(2,18)19/h4-5,9H,3,6-8,10-12H2,1-2H3,(H2,15,16,17). The number of hydrogen-bond donors (Lipinski definition) is 2. The highest BCUT2D eigenvalue weighted by Crippen LogP contribution is 1.99. The number of nitrogens with one attached hydrogen (secondary N) is 2. The third kappa shape index (κ3) is 9.41. The first-order valence-electron chi connectivity index (χ1n) is 7.31. The van der Waals surface area contributed by atoms with Crippen LogP contribution in [0.25, 0.3) is 0 Å². The van der Waals surface area contributed by atoms with Crippen molar-refractivity contribution in [3.63, 3.8) is 0 Å². The van der Waals surface area contributed by atoms with Crippen LogP contribution < -0.4 is 10.6 Å². The predicted molar refractivity (Wildman–Crippen MR) is 86.9 cm³/mol. The van der Waals surface area contributed by atoms with Crippen LogP contribution in [0.1, 0.15) is 12.7 Å². The zero-order valence-electron chi connectivity index (χ0n) is 13.2. The molecule has 1 aromatic rings. The van der Waals surface area contributed by atoms with Crippen molar-refractivity contribution in [2.24, 2.45) is 4.99 Å². The maximum absolute atomic E-state index is 10.9. The van der Waals surface area contributed by atoms with E-state index in [0.717, 1.165) is 18.7 Å². The fourth-order valence-corrected chi connectivity index (χ4v) is 2.06. The largest absolute Gasteiger partial charge is 0.469 e. The van der Waals surface area contributed by atoms with E-state index >= 15 is 0 Å². The van der Waals surface area contributed by atoms with E-state index in [4.69, 9.17) is 9.15 Å². The summed E-state index contributed by atoms with van der Waals surface area (Å²) in [6.07, 6.45) is 3.63. The van der Waals surface area contributed by atoms with Crippen molar-refractivity contribution in [3.8, 4) is 0 Å². The molecule has 1 aromatic heterocycles. The van der Waals surface area contributed by atoms with Crippen molar-refractivity contribution < 1.29 is 17.6 Å². The Labute approximate surface area is 132 Å². The summed E-state index contributed by atoms with van der Waals surface area (Å²) in [6, 6.07) is 3.80. The quantitative estimate of drug-likeness (QED) is 0.367. The molecule has 0 radical (unpaired) electrons. The normalized spacial score (nSPS) is 12.4. The number of rotatable bonds is 10. The Morgan fingerprint density at radius 1 is 1.36 bits per heavy atom. The van der Waals surface area contributed by atoms with Gasteiger partial charge in [-0.05, 0) is 19.1 Å². The Morgan fingerprint density at radius 3 is 2.82 bits per heavy atom. The van der Waals surface area contributed by atoms with Gasteiger partial charge in [-0.25, -0.2) is 8.42 Å². The predicted octanol–water partition coefficient (Wildman–Crippen LogP) is 0.438. The van der Waals surface area contributed by atoms with Gasteiger partial charge in [0, 0.05) is 25.8 Å². The van der Waals surface area contributed by atoms with E-state index in [1.54, 1.807) is 6.26 Å². The van der Waals surface area contributed by atoms with E-state index in [-0.39, 0.29) is 12.4 Å². The van der Waals surface area contributed by atoms with Crippen LogP contribution in [0.3, 0.4) is 0 Å². The second-order valence-electron chi connectivity index (χ2n) is 4.76. The van der Waals surface area contributed by atoms with Gasteiger partial charge in [-0.15, -0.1) is 0 Å². The summed E-state index contributed by atoms with van der Waals surface area (Å²) in [5, 5.41) is 6.34. The minimum absolute atomic E-state index is 0.0399. The van der Waals surface area contributed by atoms with Crippen LogP contribution in [0.5, 0.6) is 0 Å². The Bertz CT molecular complexity index is 526. The molecule has 1 heterocycles. The average molecular weight is 331 g/mol. The number of hydrogen-bond acceptors (Lipinski definition) is 5. The van der Waals surface area contributed by atoms with E-state index in [1.807, 2.05) is 19.1 Å². The number of guanidine groups is 1. The Kier molecular flexibility index (Phi) is 8.61. The molecule has 0 saturated carbocycles. The third-order valence-corrected chi connectivity index (χ3v) is 3.60. The van der Waals surface area contributed by atoms with Gasteiger partial charge < -0.3 is 19.8 Å². The van der Waals surface area contributed by atoms with Crippen molar-refractivity contribution in [3.05, 3.63) is 24.2 Å². The number of aliphatic imine (C=N–C) groups is 1. The molecule has 0 fully saturated rings. The minimum Gasteiger partial charge on any atom is -0.469 e. The van der Waals surface area contributed by atoms with Gasteiger partial charge in [0.05, 0.1) is 31.8 Å². The fourth-order valence-electron chi connectivity index (χ4n) is 1.64. The second-order valence-corrected chi connectivity index (χ2v) is 7.02. The van der Waals surface area contributed by atoms with E-state index < -0.39 is 9.84 Å². The summed E-state index contributed by atoms with van der Waals surface area (Å²) in [5.41, 5.74) is 0. The maximum atomic E-state index is 10.9. The molecule has 126 valence electrons. The summed E-state index contributed by atoms with van der Waals surface area (Å²) >= 11 is 0. The van der Waals surface area contributed by atoms with Crippen LogP contribution in [-0.2, 0) is 21.0 Å². The van der Waals surface area contributed by atoms with Gasteiger partial charge in [0.15, 0.2) is 5.96 Å². The first-order valence-corrected chi connectivity index (χ1v) is 9.37. The van der Waals surface area contributed by atoms with E-state index in [0.29, 0.717) is 25.7 Å². The molecular formula is C14H25N3O4S. The summed E-state index contributed by atoms with van der Waals surface area (Å²) in [7, 11) is -2.96. The maximum Gasteiger partial charge on any atom is 0.191 e. The topological polar surface area (TPSA) is 92.9 Å². The molecule has 22 heavy (non-hydrogen) atoms. The lowest BCUT2D eigenvalue weighted by atomic mass is 10.3. The van der Waals surface area contributed by atoms with Crippen molar-refractivity contribution in [1.29, 1.82) is 0 Å². The number of ether oxygens (including phenoxy) is 1. The monoisotopic (exact) mass is 331 g/mol. The molecule has 0 aromatic carbocycles. The van der Waals surface area contributed by atoms with Gasteiger partial charge in [0.25, 0.3) is 0 Å². The van der Waals surface area contributed by atoms with Crippen LogP contribution in [0.2, 0.25) is 0 Å². The van der Waals surface area contributed by atoms with Crippen molar-refractivity contribution in [2.75, 3.05) is 44.9 Å². The molecule has 0 saturated heterocycles. The second kappa shape index (κ2) is 10.2.